The van der Waals surface area contributed by atoms with Gasteiger partial charge in [0, 0.05) is 6.54 Å². The van der Waals surface area contributed by atoms with Crippen molar-refractivity contribution in [1.82, 2.24) is 9.55 Å². The first kappa shape index (κ1) is 10.8. The highest BCUT2D eigenvalue weighted by Crippen LogP contribution is 2.24. The number of aromatic hydroxyl groups is 1. The molecule has 1 aromatic heterocycles. The van der Waals surface area contributed by atoms with Gasteiger partial charge in [0.05, 0.1) is 5.52 Å². The fraction of sp³-hybridized carbons (Fsp3) is 0.417. The van der Waals surface area contributed by atoms with Crippen LogP contribution in [0.15, 0.2) is 23.0 Å². The van der Waals surface area contributed by atoms with E-state index in [9.17, 15) is 9.90 Å². The number of fused-ring (bicyclic) bond motifs is 1. The maximum atomic E-state index is 11.8. The minimum Gasteiger partial charge on any atom is -0.506 e. The molecule has 0 saturated carbocycles. The number of phenols is 1. The van der Waals surface area contributed by atoms with Gasteiger partial charge in [0.15, 0.2) is 0 Å². The van der Waals surface area contributed by atoms with Crippen molar-refractivity contribution >= 4 is 11.0 Å². The van der Waals surface area contributed by atoms with Crippen molar-refractivity contribution < 1.29 is 5.11 Å². The van der Waals surface area contributed by atoms with E-state index in [2.05, 4.69) is 25.8 Å². The summed E-state index contributed by atoms with van der Waals surface area (Å²) < 4.78 is 1.59. The van der Waals surface area contributed by atoms with Gasteiger partial charge in [0.2, 0.25) is 0 Å². The Morgan fingerprint density at radius 2 is 2.06 bits per heavy atom. The Bertz CT molecular complexity index is 573. The molecule has 86 valence electrons. The summed E-state index contributed by atoms with van der Waals surface area (Å²) in [7, 11) is 0. The van der Waals surface area contributed by atoms with E-state index < -0.39 is 0 Å². The first-order chi connectivity index (χ1) is 7.38. The summed E-state index contributed by atoms with van der Waals surface area (Å²) in [6.07, 6.45) is 0. The molecule has 0 bridgehead atoms. The Labute approximate surface area is 93.5 Å². The lowest BCUT2D eigenvalue weighted by Gasteiger charge is -2.18. The average molecular weight is 220 g/mol. The lowest BCUT2D eigenvalue weighted by Crippen LogP contribution is -2.24. The van der Waals surface area contributed by atoms with E-state index in [0.717, 1.165) is 0 Å². The van der Waals surface area contributed by atoms with Gasteiger partial charge in [-0.3, -0.25) is 4.57 Å². The highest BCUT2D eigenvalue weighted by Gasteiger charge is 2.17. The van der Waals surface area contributed by atoms with Gasteiger partial charge < -0.3 is 10.1 Å². The fourth-order valence-corrected chi connectivity index (χ4v) is 1.83. The first-order valence-corrected chi connectivity index (χ1v) is 5.29. The van der Waals surface area contributed by atoms with Gasteiger partial charge in [-0.25, -0.2) is 4.79 Å². The van der Waals surface area contributed by atoms with Crippen LogP contribution in [-0.4, -0.2) is 14.7 Å². The molecule has 4 heteroatoms. The number of nitrogens with zero attached hydrogens (tertiary/aromatic N) is 1. The molecule has 2 aromatic rings. The summed E-state index contributed by atoms with van der Waals surface area (Å²) in [4.78, 5) is 14.5. The van der Waals surface area contributed by atoms with Crippen molar-refractivity contribution in [2.45, 2.75) is 27.3 Å². The van der Waals surface area contributed by atoms with Crippen molar-refractivity contribution in [3.63, 3.8) is 0 Å². The van der Waals surface area contributed by atoms with E-state index in [4.69, 9.17) is 0 Å². The van der Waals surface area contributed by atoms with Crippen molar-refractivity contribution in [3.8, 4) is 5.75 Å². The molecule has 1 aromatic carbocycles. The molecule has 1 heterocycles. The molecular formula is C12H16N2O2. The molecule has 0 amide bonds. The van der Waals surface area contributed by atoms with Crippen LogP contribution in [-0.2, 0) is 6.54 Å². The molecule has 0 aliphatic heterocycles. The number of aromatic amines is 1. The molecule has 0 aliphatic rings. The molecule has 0 aliphatic carbocycles. The quantitative estimate of drug-likeness (QED) is 0.773. The van der Waals surface area contributed by atoms with Crippen LogP contribution in [0.3, 0.4) is 0 Å². The van der Waals surface area contributed by atoms with E-state index >= 15 is 0 Å². The zero-order valence-corrected chi connectivity index (χ0v) is 9.74. The highest BCUT2D eigenvalue weighted by atomic mass is 16.3. The predicted octanol–water partition coefficient (Wildman–Crippen LogP) is 2.08. The molecular weight excluding hydrogens is 204 g/mol. The van der Waals surface area contributed by atoms with E-state index in [0.29, 0.717) is 17.6 Å². The number of benzene rings is 1. The molecule has 16 heavy (non-hydrogen) atoms. The molecule has 0 fully saturated rings. The van der Waals surface area contributed by atoms with Gasteiger partial charge in [0.1, 0.15) is 11.3 Å². The monoisotopic (exact) mass is 220 g/mol. The van der Waals surface area contributed by atoms with Crippen LogP contribution in [0, 0.1) is 5.41 Å². The van der Waals surface area contributed by atoms with Crippen LogP contribution >= 0.6 is 0 Å². The summed E-state index contributed by atoms with van der Waals surface area (Å²) in [5.41, 5.74) is 1.07. The molecule has 2 N–H and O–H groups in total. The Morgan fingerprint density at radius 3 is 2.69 bits per heavy atom. The second-order valence-electron chi connectivity index (χ2n) is 5.25. The number of aromatic nitrogens is 2. The number of para-hydroxylation sites is 1. The standard InChI is InChI=1S/C12H16N2O2/c1-12(2,3)7-14-10-8(13-11(14)16)5-4-6-9(10)15/h4-6,15H,7H2,1-3H3,(H,13,16). The molecule has 0 unspecified atom stereocenters. The summed E-state index contributed by atoms with van der Waals surface area (Å²) in [6.45, 7) is 6.73. The second kappa shape index (κ2) is 3.40. The average Bonchev–Trinajstić information content (AvgIpc) is 2.42. The van der Waals surface area contributed by atoms with E-state index in [1.807, 2.05) is 0 Å². The number of imidazole rings is 1. The topological polar surface area (TPSA) is 58.0 Å². The first-order valence-electron chi connectivity index (χ1n) is 5.29. The summed E-state index contributed by atoms with van der Waals surface area (Å²) >= 11 is 0. The van der Waals surface area contributed by atoms with Gasteiger partial charge in [-0.2, -0.15) is 0 Å². The zero-order chi connectivity index (χ0) is 11.9. The molecule has 0 radical (unpaired) electrons. The van der Waals surface area contributed by atoms with Gasteiger partial charge in [-0.05, 0) is 17.5 Å². The maximum Gasteiger partial charge on any atom is 0.326 e. The third-order valence-corrected chi connectivity index (χ3v) is 2.40. The molecule has 2 rings (SSSR count). The number of hydrogen-bond donors (Lipinski definition) is 2. The smallest absolute Gasteiger partial charge is 0.326 e. The number of phenolic OH excluding ortho intramolecular Hbond substituents is 1. The molecule has 0 atom stereocenters. The Kier molecular flexibility index (Phi) is 2.30. The van der Waals surface area contributed by atoms with E-state index in [1.54, 1.807) is 22.8 Å². The van der Waals surface area contributed by atoms with Crippen LogP contribution in [0.25, 0.3) is 11.0 Å². The minimum absolute atomic E-state index is 0.0127. The normalized spacial score (nSPS) is 12.2. The van der Waals surface area contributed by atoms with Crippen LogP contribution in [0.2, 0.25) is 0 Å². The Morgan fingerprint density at radius 1 is 1.38 bits per heavy atom. The van der Waals surface area contributed by atoms with E-state index in [1.165, 1.54) is 0 Å². The SMILES string of the molecule is CC(C)(C)Cn1c(=O)[nH]c2cccc(O)c21. The van der Waals surface area contributed by atoms with Crippen molar-refractivity contribution in [2.24, 2.45) is 5.41 Å². The van der Waals surface area contributed by atoms with Gasteiger partial charge in [-0.15, -0.1) is 0 Å². The fourth-order valence-electron chi connectivity index (χ4n) is 1.83. The highest BCUT2D eigenvalue weighted by molar-refractivity contribution is 5.81. The number of hydrogen-bond acceptors (Lipinski definition) is 2. The third-order valence-electron chi connectivity index (χ3n) is 2.40. The van der Waals surface area contributed by atoms with Crippen LogP contribution in [0.5, 0.6) is 5.75 Å². The third kappa shape index (κ3) is 1.83. The minimum atomic E-state index is -0.175. The molecule has 0 saturated heterocycles. The number of nitrogens with one attached hydrogen (secondary N) is 1. The van der Waals surface area contributed by atoms with Crippen molar-refractivity contribution in [1.29, 1.82) is 0 Å². The van der Waals surface area contributed by atoms with E-state index in [-0.39, 0.29) is 16.9 Å². The van der Waals surface area contributed by atoms with Gasteiger partial charge in [0.25, 0.3) is 0 Å². The summed E-state index contributed by atoms with van der Waals surface area (Å²) in [6, 6.07) is 5.10. The number of rotatable bonds is 1. The van der Waals surface area contributed by atoms with Crippen LogP contribution < -0.4 is 5.69 Å². The summed E-state index contributed by atoms with van der Waals surface area (Å²) in [5.74, 6) is 0.139. The van der Waals surface area contributed by atoms with Crippen LogP contribution in [0.4, 0.5) is 0 Å². The maximum absolute atomic E-state index is 11.8. The predicted molar refractivity (Wildman–Crippen MR) is 63.7 cm³/mol. The molecule has 4 nitrogen and oxygen atoms in total. The summed E-state index contributed by atoms with van der Waals surface area (Å²) in [5, 5.41) is 9.78. The Balaban J connectivity index is 2.69. The van der Waals surface area contributed by atoms with Crippen LogP contribution in [0.1, 0.15) is 20.8 Å². The lowest BCUT2D eigenvalue weighted by atomic mass is 9.97. The van der Waals surface area contributed by atoms with Gasteiger partial charge in [-0.1, -0.05) is 26.8 Å². The second-order valence-corrected chi connectivity index (χ2v) is 5.25. The van der Waals surface area contributed by atoms with Crippen molar-refractivity contribution in [3.05, 3.63) is 28.7 Å². The number of H-pyrrole nitrogens is 1. The van der Waals surface area contributed by atoms with Gasteiger partial charge >= 0.3 is 5.69 Å². The van der Waals surface area contributed by atoms with Crippen molar-refractivity contribution in [2.75, 3.05) is 0 Å². The zero-order valence-electron chi connectivity index (χ0n) is 9.74. The largest absolute Gasteiger partial charge is 0.506 e. The Hall–Kier alpha value is -1.71. The molecule has 0 spiro atoms. The lowest BCUT2D eigenvalue weighted by molar-refractivity contribution is 0.342.